The van der Waals surface area contributed by atoms with E-state index in [4.69, 9.17) is 5.73 Å². The molecule has 0 radical (unpaired) electrons. The van der Waals surface area contributed by atoms with E-state index in [1.807, 2.05) is 6.07 Å². The van der Waals surface area contributed by atoms with E-state index in [1.165, 1.54) is 5.56 Å². The molecule has 0 spiro atoms. The molecule has 2 unspecified atom stereocenters. The molecule has 0 aromatic heterocycles. The molecular weight excluding hydrogens is 212 g/mol. The second-order valence-corrected chi connectivity index (χ2v) is 5.13. The molecule has 17 heavy (non-hydrogen) atoms. The zero-order chi connectivity index (χ0) is 12.3. The van der Waals surface area contributed by atoms with Gasteiger partial charge < -0.3 is 10.8 Å². The van der Waals surface area contributed by atoms with E-state index in [9.17, 15) is 5.11 Å². The van der Waals surface area contributed by atoms with Crippen LogP contribution in [0.2, 0.25) is 0 Å². The molecule has 0 amide bonds. The highest BCUT2D eigenvalue weighted by Crippen LogP contribution is 2.26. The van der Waals surface area contributed by atoms with E-state index < -0.39 is 5.54 Å². The lowest BCUT2D eigenvalue weighted by atomic mass is 9.83. The topological polar surface area (TPSA) is 49.5 Å². The van der Waals surface area contributed by atoms with Gasteiger partial charge in [0.2, 0.25) is 0 Å². The van der Waals surface area contributed by atoms with Crippen LogP contribution >= 0.6 is 0 Å². The Hall–Kier alpha value is -0.900. The summed E-state index contributed by atoms with van der Waals surface area (Å²) in [7, 11) is 0. The van der Waals surface area contributed by atoms with Crippen LogP contribution in [0.4, 0.5) is 0 Å². The van der Waals surface area contributed by atoms with Crippen LogP contribution in [0.3, 0.4) is 0 Å². The Labute approximate surface area is 103 Å². The van der Waals surface area contributed by atoms with Crippen molar-refractivity contribution in [3.63, 3.8) is 0 Å². The standard InChI is InChI=1S/C14H22N2O/c1-12-14(15,11-17)8-5-9-16(12)10-13-6-3-2-4-7-13/h2-4,6-7,12,17H,5,8-11,15H2,1H3. The first-order valence-corrected chi connectivity index (χ1v) is 6.33. The van der Waals surface area contributed by atoms with Crippen LogP contribution in [0, 0.1) is 0 Å². The van der Waals surface area contributed by atoms with E-state index in [1.54, 1.807) is 0 Å². The number of likely N-dealkylation sites (tertiary alicyclic amines) is 1. The van der Waals surface area contributed by atoms with E-state index in [0.717, 1.165) is 25.9 Å². The zero-order valence-electron chi connectivity index (χ0n) is 10.5. The zero-order valence-corrected chi connectivity index (χ0v) is 10.5. The van der Waals surface area contributed by atoms with Crippen molar-refractivity contribution in [2.45, 2.75) is 37.9 Å². The first-order valence-electron chi connectivity index (χ1n) is 6.33. The lowest BCUT2D eigenvalue weighted by molar-refractivity contribution is 0.0372. The van der Waals surface area contributed by atoms with E-state index in [0.29, 0.717) is 0 Å². The van der Waals surface area contributed by atoms with Crippen LogP contribution < -0.4 is 5.73 Å². The third kappa shape index (κ3) is 2.68. The molecule has 1 heterocycles. The average molecular weight is 234 g/mol. The van der Waals surface area contributed by atoms with Gasteiger partial charge in [-0.2, -0.15) is 0 Å². The number of nitrogens with two attached hydrogens (primary N) is 1. The predicted molar refractivity (Wildman–Crippen MR) is 69.6 cm³/mol. The van der Waals surface area contributed by atoms with E-state index >= 15 is 0 Å². The molecule has 3 nitrogen and oxygen atoms in total. The molecule has 1 fully saturated rings. The Morgan fingerprint density at radius 1 is 1.41 bits per heavy atom. The monoisotopic (exact) mass is 234 g/mol. The van der Waals surface area contributed by atoms with Crippen molar-refractivity contribution in [2.24, 2.45) is 5.73 Å². The largest absolute Gasteiger partial charge is 0.394 e. The summed E-state index contributed by atoms with van der Waals surface area (Å²) in [4.78, 5) is 2.37. The Morgan fingerprint density at radius 2 is 2.12 bits per heavy atom. The first kappa shape index (κ1) is 12.6. The normalized spacial score (nSPS) is 30.4. The summed E-state index contributed by atoms with van der Waals surface area (Å²) in [6.45, 7) is 4.17. The van der Waals surface area contributed by atoms with Gasteiger partial charge in [0, 0.05) is 12.6 Å². The highest BCUT2D eigenvalue weighted by molar-refractivity contribution is 5.15. The minimum absolute atomic E-state index is 0.0689. The number of aliphatic hydroxyl groups is 1. The van der Waals surface area contributed by atoms with Crippen molar-refractivity contribution >= 4 is 0 Å². The number of hydrogen-bond donors (Lipinski definition) is 2. The maximum atomic E-state index is 9.45. The third-order valence-corrected chi connectivity index (χ3v) is 3.99. The van der Waals surface area contributed by atoms with Gasteiger partial charge in [0.15, 0.2) is 0 Å². The Morgan fingerprint density at radius 3 is 2.76 bits per heavy atom. The Kier molecular flexibility index (Phi) is 3.82. The smallest absolute Gasteiger partial charge is 0.0626 e. The van der Waals surface area contributed by atoms with Crippen molar-refractivity contribution in [1.82, 2.24) is 4.90 Å². The summed E-state index contributed by atoms with van der Waals surface area (Å²) in [6.07, 6.45) is 1.98. The molecule has 2 atom stereocenters. The first-order chi connectivity index (χ1) is 8.15. The van der Waals surface area contributed by atoms with Crippen molar-refractivity contribution in [3.8, 4) is 0 Å². The quantitative estimate of drug-likeness (QED) is 0.830. The van der Waals surface area contributed by atoms with Crippen LogP contribution in [-0.2, 0) is 6.54 Å². The summed E-state index contributed by atoms with van der Waals surface area (Å²) in [5.41, 5.74) is 7.12. The highest BCUT2D eigenvalue weighted by atomic mass is 16.3. The molecule has 2 rings (SSSR count). The summed E-state index contributed by atoms with van der Waals surface area (Å²) < 4.78 is 0. The molecule has 3 heteroatoms. The van der Waals surface area contributed by atoms with Crippen LogP contribution in [0.15, 0.2) is 30.3 Å². The third-order valence-electron chi connectivity index (χ3n) is 3.99. The fraction of sp³-hybridized carbons (Fsp3) is 0.571. The minimum atomic E-state index is -0.437. The van der Waals surface area contributed by atoms with E-state index in [2.05, 4.69) is 36.1 Å². The van der Waals surface area contributed by atoms with Crippen molar-refractivity contribution in [3.05, 3.63) is 35.9 Å². The van der Waals surface area contributed by atoms with Crippen molar-refractivity contribution in [2.75, 3.05) is 13.2 Å². The van der Waals surface area contributed by atoms with Gasteiger partial charge in [-0.25, -0.2) is 0 Å². The Bertz CT molecular complexity index is 354. The summed E-state index contributed by atoms with van der Waals surface area (Å²) in [6, 6.07) is 10.7. The number of piperidine rings is 1. The average Bonchev–Trinajstić information content (AvgIpc) is 2.36. The molecule has 3 N–H and O–H groups in total. The minimum Gasteiger partial charge on any atom is -0.394 e. The van der Waals surface area contributed by atoms with Gasteiger partial charge in [0.25, 0.3) is 0 Å². The van der Waals surface area contributed by atoms with Gasteiger partial charge in [-0.1, -0.05) is 30.3 Å². The lowest BCUT2D eigenvalue weighted by Crippen LogP contribution is -2.62. The van der Waals surface area contributed by atoms with Crippen LogP contribution in [0.1, 0.15) is 25.3 Å². The Balaban J connectivity index is 2.06. The van der Waals surface area contributed by atoms with E-state index in [-0.39, 0.29) is 12.6 Å². The summed E-state index contributed by atoms with van der Waals surface area (Å²) >= 11 is 0. The fourth-order valence-corrected chi connectivity index (χ4v) is 2.62. The molecule has 1 aliphatic rings. The maximum absolute atomic E-state index is 9.45. The molecule has 0 aliphatic carbocycles. The van der Waals surface area contributed by atoms with Crippen molar-refractivity contribution in [1.29, 1.82) is 0 Å². The molecule has 1 aliphatic heterocycles. The molecule has 1 aromatic rings. The molecule has 0 saturated carbocycles. The van der Waals surface area contributed by atoms with Crippen LogP contribution in [-0.4, -0.2) is 34.7 Å². The van der Waals surface area contributed by atoms with Gasteiger partial charge in [-0.3, -0.25) is 4.90 Å². The molecule has 1 aromatic carbocycles. The van der Waals surface area contributed by atoms with Crippen LogP contribution in [0.5, 0.6) is 0 Å². The lowest BCUT2D eigenvalue weighted by Gasteiger charge is -2.45. The number of rotatable bonds is 3. The fourth-order valence-electron chi connectivity index (χ4n) is 2.62. The molecule has 94 valence electrons. The van der Waals surface area contributed by atoms with Gasteiger partial charge >= 0.3 is 0 Å². The summed E-state index contributed by atoms with van der Waals surface area (Å²) in [5, 5.41) is 9.45. The number of hydrogen-bond acceptors (Lipinski definition) is 3. The maximum Gasteiger partial charge on any atom is 0.0626 e. The molecule has 0 bridgehead atoms. The predicted octanol–water partition coefficient (Wildman–Crippen LogP) is 1.36. The molecule has 1 saturated heterocycles. The number of nitrogens with zero attached hydrogens (tertiary/aromatic N) is 1. The second-order valence-electron chi connectivity index (χ2n) is 5.13. The second kappa shape index (κ2) is 5.17. The van der Waals surface area contributed by atoms with Gasteiger partial charge in [0.05, 0.1) is 12.1 Å². The summed E-state index contributed by atoms with van der Waals surface area (Å²) in [5.74, 6) is 0. The van der Waals surface area contributed by atoms with Gasteiger partial charge in [-0.15, -0.1) is 0 Å². The highest BCUT2D eigenvalue weighted by Gasteiger charge is 2.38. The SMILES string of the molecule is CC1N(Cc2ccccc2)CCCC1(N)CO. The molecular formula is C14H22N2O. The number of aliphatic hydroxyl groups excluding tert-OH is 1. The van der Waals surface area contributed by atoms with Gasteiger partial charge in [0.1, 0.15) is 0 Å². The van der Waals surface area contributed by atoms with Crippen molar-refractivity contribution < 1.29 is 5.11 Å². The number of benzene rings is 1. The van der Waals surface area contributed by atoms with Crippen LogP contribution in [0.25, 0.3) is 0 Å². The van der Waals surface area contributed by atoms with Gasteiger partial charge in [-0.05, 0) is 31.9 Å².